The summed E-state index contributed by atoms with van der Waals surface area (Å²) in [4.78, 5) is 8.77. The molecule has 164 valence electrons. The third-order valence-electron chi connectivity index (χ3n) is 6.03. The fourth-order valence-corrected chi connectivity index (χ4v) is 4.60. The minimum Gasteiger partial charge on any atom is -0.490 e. The Morgan fingerprint density at radius 3 is 2.81 bits per heavy atom. The van der Waals surface area contributed by atoms with Crippen LogP contribution in [0.2, 0.25) is 5.02 Å². The zero-order valence-electron chi connectivity index (χ0n) is 17.1. The Morgan fingerprint density at radius 2 is 2.00 bits per heavy atom. The normalized spacial score (nSPS) is 18.0. The Bertz CT molecular complexity index is 1080. The smallest absolute Gasteiger partial charge is 0.159 e. The van der Waals surface area contributed by atoms with Crippen LogP contribution in [0.3, 0.4) is 0 Å². The number of halogens is 3. The highest BCUT2D eigenvalue weighted by atomic mass is 35.5. The summed E-state index contributed by atoms with van der Waals surface area (Å²) in [6.07, 6.45) is 5.04. The van der Waals surface area contributed by atoms with Crippen molar-refractivity contribution in [2.24, 2.45) is 0 Å². The lowest BCUT2D eigenvalue weighted by Crippen LogP contribution is -2.39. The highest BCUT2D eigenvalue weighted by Crippen LogP contribution is 2.31. The van der Waals surface area contributed by atoms with Gasteiger partial charge in [0.05, 0.1) is 16.9 Å². The van der Waals surface area contributed by atoms with Crippen molar-refractivity contribution in [2.45, 2.75) is 38.6 Å². The van der Waals surface area contributed by atoms with Gasteiger partial charge in [0, 0.05) is 62.7 Å². The van der Waals surface area contributed by atoms with Gasteiger partial charge >= 0.3 is 0 Å². The van der Waals surface area contributed by atoms with E-state index < -0.39 is 0 Å². The van der Waals surface area contributed by atoms with Crippen molar-refractivity contribution in [1.82, 2.24) is 24.4 Å². The quantitative estimate of drug-likeness (QED) is 0.574. The molecule has 1 fully saturated rings. The molecule has 3 aromatic rings. The summed E-state index contributed by atoms with van der Waals surface area (Å²) in [6, 6.07) is 4.74. The summed E-state index contributed by atoms with van der Waals surface area (Å²) in [6.45, 7) is 3.78. The van der Waals surface area contributed by atoms with Crippen LogP contribution in [0.25, 0.3) is 5.65 Å². The molecule has 0 saturated carbocycles. The molecule has 0 N–H and O–H groups in total. The van der Waals surface area contributed by atoms with Gasteiger partial charge in [-0.15, -0.1) is 0 Å². The number of rotatable bonds is 6. The van der Waals surface area contributed by atoms with E-state index in [-0.39, 0.29) is 18.6 Å². The summed E-state index contributed by atoms with van der Waals surface area (Å²) in [5.74, 6) is 0.282. The lowest BCUT2D eigenvalue weighted by Gasteiger charge is -2.32. The van der Waals surface area contributed by atoms with Crippen LogP contribution in [0.5, 0.6) is 5.75 Å². The average molecular weight is 448 g/mol. The van der Waals surface area contributed by atoms with Crippen molar-refractivity contribution in [3.8, 4) is 5.75 Å². The molecule has 0 atom stereocenters. The third-order valence-corrected chi connectivity index (χ3v) is 6.22. The Kier molecular flexibility index (Phi) is 5.77. The minimum absolute atomic E-state index is 0.0188. The van der Waals surface area contributed by atoms with E-state index in [2.05, 4.69) is 19.9 Å². The second kappa shape index (κ2) is 8.68. The molecule has 0 bridgehead atoms. The van der Waals surface area contributed by atoms with Crippen LogP contribution in [0.4, 0.5) is 8.78 Å². The molecule has 2 aliphatic rings. The van der Waals surface area contributed by atoms with Gasteiger partial charge in [0.25, 0.3) is 0 Å². The van der Waals surface area contributed by atoms with Gasteiger partial charge in [-0.3, -0.25) is 4.90 Å². The monoisotopic (exact) mass is 447 g/mol. The summed E-state index contributed by atoms with van der Waals surface area (Å²) < 4.78 is 34.5. The summed E-state index contributed by atoms with van der Waals surface area (Å²) >= 11 is 6.01. The van der Waals surface area contributed by atoms with Gasteiger partial charge in [-0.2, -0.15) is 5.10 Å². The second-order valence-corrected chi connectivity index (χ2v) is 8.65. The molecule has 9 heteroatoms. The minimum atomic E-state index is -0.328. The number of hydrogen-bond donors (Lipinski definition) is 0. The van der Waals surface area contributed by atoms with Gasteiger partial charge in [-0.05, 0) is 18.9 Å². The van der Waals surface area contributed by atoms with E-state index in [4.69, 9.17) is 16.3 Å². The molecule has 6 nitrogen and oxygen atoms in total. The number of likely N-dealkylation sites (tertiary alicyclic amines) is 1. The fourth-order valence-electron chi connectivity index (χ4n) is 4.46. The molecule has 4 heterocycles. The van der Waals surface area contributed by atoms with Crippen LogP contribution >= 0.6 is 11.6 Å². The van der Waals surface area contributed by atoms with E-state index in [1.807, 2.05) is 0 Å². The molecule has 2 aromatic heterocycles. The Labute approximate surface area is 184 Å². The molecular formula is C22H24ClF2N5O. The SMILES string of the molecule is FCCN1CCC(Oc2cc(F)ccc2CN2Cc3nn4cc(Cl)cnc4c3C2)CC1. The molecule has 0 aliphatic carbocycles. The van der Waals surface area contributed by atoms with E-state index >= 15 is 0 Å². The predicted molar refractivity (Wildman–Crippen MR) is 113 cm³/mol. The number of piperidine rings is 1. The first-order valence-corrected chi connectivity index (χ1v) is 10.9. The van der Waals surface area contributed by atoms with Crippen molar-refractivity contribution in [3.63, 3.8) is 0 Å². The van der Waals surface area contributed by atoms with Crippen LogP contribution in [0, 0.1) is 5.82 Å². The summed E-state index contributed by atoms with van der Waals surface area (Å²) in [5, 5.41) is 5.15. The maximum atomic E-state index is 14.0. The number of fused-ring (bicyclic) bond motifs is 3. The van der Waals surface area contributed by atoms with E-state index in [0.717, 1.165) is 48.4 Å². The first kappa shape index (κ1) is 20.6. The van der Waals surface area contributed by atoms with Crippen molar-refractivity contribution in [3.05, 3.63) is 58.3 Å². The van der Waals surface area contributed by atoms with E-state index in [0.29, 0.717) is 37.0 Å². The lowest BCUT2D eigenvalue weighted by atomic mass is 10.1. The lowest BCUT2D eigenvalue weighted by molar-refractivity contribution is 0.0949. The van der Waals surface area contributed by atoms with Gasteiger partial charge in [0.15, 0.2) is 5.65 Å². The van der Waals surface area contributed by atoms with Gasteiger partial charge in [0.2, 0.25) is 0 Å². The van der Waals surface area contributed by atoms with Crippen LogP contribution in [0.15, 0.2) is 30.6 Å². The first-order valence-electron chi connectivity index (χ1n) is 10.6. The molecular weight excluding hydrogens is 424 g/mol. The van der Waals surface area contributed by atoms with Crippen molar-refractivity contribution in [2.75, 3.05) is 26.3 Å². The van der Waals surface area contributed by atoms with Crippen LogP contribution < -0.4 is 4.74 Å². The zero-order chi connectivity index (χ0) is 21.4. The molecule has 0 radical (unpaired) electrons. The third kappa shape index (κ3) is 4.37. The van der Waals surface area contributed by atoms with Gasteiger partial charge in [-0.25, -0.2) is 18.3 Å². The van der Waals surface area contributed by atoms with Crippen molar-refractivity contribution >= 4 is 17.2 Å². The van der Waals surface area contributed by atoms with Crippen LogP contribution in [-0.2, 0) is 19.6 Å². The van der Waals surface area contributed by atoms with E-state index in [1.54, 1.807) is 23.0 Å². The van der Waals surface area contributed by atoms with Crippen molar-refractivity contribution in [1.29, 1.82) is 0 Å². The number of aromatic nitrogens is 3. The Balaban J connectivity index is 1.28. The molecule has 0 spiro atoms. The van der Waals surface area contributed by atoms with Gasteiger partial charge in [-0.1, -0.05) is 17.7 Å². The highest BCUT2D eigenvalue weighted by Gasteiger charge is 2.27. The molecule has 1 aromatic carbocycles. The van der Waals surface area contributed by atoms with E-state index in [1.165, 1.54) is 12.1 Å². The molecule has 0 unspecified atom stereocenters. The number of alkyl halides is 1. The molecule has 0 amide bonds. The Morgan fingerprint density at radius 1 is 1.16 bits per heavy atom. The molecule has 1 saturated heterocycles. The fraction of sp³-hybridized carbons (Fsp3) is 0.455. The van der Waals surface area contributed by atoms with Gasteiger partial charge in [0.1, 0.15) is 24.3 Å². The maximum Gasteiger partial charge on any atom is 0.159 e. The first-order chi connectivity index (χ1) is 15.1. The predicted octanol–water partition coefficient (Wildman–Crippen LogP) is 3.85. The summed E-state index contributed by atoms with van der Waals surface area (Å²) in [7, 11) is 0. The van der Waals surface area contributed by atoms with Crippen LogP contribution in [0.1, 0.15) is 29.7 Å². The largest absolute Gasteiger partial charge is 0.490 e. The van der Waals surface area contributed by atoms with Crippen LogP contribution in [-0.4, -0.2) is 56.8 Å². The number of benzene rings is 1. The molecule has 31 heavy (non-hydrogen) atoms. The second-order valence-electron chi connectivity index (χ2n) is 8.21. The standard InChI is InChI=1S/C22H24ClF2N5O/c23-16-10-26-22-19-13-29(14-20(19)27-30(22)12-16)11-15-1-2-17(25)9-21(15)31-18-3-6-28(7-4-18)8-5-24/h1-2,9-10,12,18H,3-8,11,13-14H2. The molecule has 2 aliphatic heterocycles. The average Bonchev–Trinajstić information content (AvgIpc) is 3.28. The summed E-state index contributed by atoms with van der Waals surface area (Å²) in [5.41, 5.74) is 3.85. The van der Waals surface area contributed by atoms with E-state index in [9.17, 15) is 8.78 Å². The number of ether oxygens (including phenoxy) is 1. The topological polar surface area (TPSA) is 45.9 Å². The highest BCUT2D eigenvalue weighted by molar-refractivity contribution is 6.30. The van der Waals surface area contributed by atoms with Gasteiger partial charge < -0.3 is 9.64 Å². The maximum absolute atomic E-state index is 14.0. The number of nitrogens with zero attached hydrogens (tertiary/aromatic N) is 5. The molecule has 5 rings (SSSR count). The number of hydrogen-bond acceptors (Lipinski definition) is 5. The zero-order valence-corrected chi connectivity index (χ0v) is 17.9. The Hall–Kier alpha value is -2.29. The van der Waals surface area contributed by atoms with Crippen molar-refractivity contribution < 1.29 is 13.5 Å².